The molecule has 0 unspecified atom stereocenters. The normalized spacial score (nSPS) is 10.7. The van der Waals surface area contributed by atoms with Gasteiger partial charge in [0.1, 0.15) is 28.6 Å². The monoisotopic (exact) mass is 969 g/mol. The third-order valence-electron chi connectivity index (χ3n) is 11.8. The van der Waals surface area contributed by atoms with Crippen molar-refractivity contribution < 1.29 is 38.0 Å². The Balaban J connectivity index is 0.882. The van der Waals surface area contributed by atoms with Gasteiger partial charge in [0.25, 0.3) is 0 Å². The molecule has 0 N–H and O–H groups in total. The highest BCUT2D eigenvalue weighted by molar-refractivity contribution is 5.93. The van der Waals surface area contributed by atoms with Crippen molar-refractivity contribution in [2.45, 2.75) is 90.4 Å². The van der Waals surface area contributed by atoms with Crippen LogP contribution in [0.1, 0.15) is 123 Å². The Bertz CT molecular complexity index is 2730. The highest BCUT2D eigenvalue weighted by Crippen LogP contribution is 2.26. The summed E-state index contributed by atoms with van der Waals surface area (Å²) in [6.07, 6.45) is 16.7. The summed E-state index contributed by atoms with van der Waals surface area (Å²) in [5, 5.41) is 4.45. The summed E-state index contributed by atoms with van der Waals surface area (Å²) in [7, 11) is 0. The fourth-order valence-electron chi connectivity index (χ4n) is 7.83. The quantitative estimate of drug-likeness (QED) is 0.0179. The van der Waals surface area contributed by atoms with E-state index in [-0.39, 0.29) is 0 Å². The van der Waals surface area contributed by atoms with Crippen LogP contribution >= 0.6 is 0 Å². The summed E-state index contributed by atoms with van der Waals surface area (Å²) >= 11 is 0. The average molecular weight is 969 g/mol. The van der Waals surface area contributed by atoms with Crippen LogP contribution < -0.4 is 18.9 Å². The Morgan fingerprint density at radius 3 is 1.31 bits per heavy atom. The Morgan fingerprint density at radius 2 is 0.806 bits per heavy atom. The minimum absolute atomic E-state index is 0.338. The summed E-state index contributed by atoms with van der Waals surface area (Å²) in [6.45, 7) is 15.0. The maximum atomic E-state index is 13.1. The van der Waals surface area contributed by atoms with E-state index >= 15 is 0 Å². The van der Waals surface area contributed by atoms with Crippen LogP contribution in [0.2, 0.25) is 0 Å². The highest BCUT2D eigenvalue weighted by atomic mass is 16.5. The summed E-state index contributed by atoms with van der Waals surface area (Å²) < 4.78 is 40.6. The van der Waals surface area contributed by atoms with Crippen molar-refractivity contribution in [3.05, 3.63) is 168 Å². The third kappa shape index (κ3) is 19.7. The number of carbonyl (C=O) groups is 1. The topological polar surface area (TPSA) is 81.7 Å². The third-order valence-corrected chi connectivity index (χ3v) is 11.8. The maximum absolute atomic E-state index is 13.1. The van der Waals surface area contributed by atoms with Crippen molar-refractivity contribution in [3.8, 4) is 46.7 Å². The van der Waals surface area contributed by atoms with Crippen LogP contribution in [0.3, 0.4) is 0 Å². The minimum Gasteiger partial charge on any atom is -0.494 e. The van der Waals surface area contributed by atoms with Crippen molar-refractivity contribution >= 4 is 27.5 Å². The molecular weight excluding hydrogens is 897 g/mol. The van der Waals surface area contributed by atoms with Gasteiger partial charge in [0.2, 0.25) is 0 Å². The van der Waals surface area contributed by atoms with Crippen LogP contribution in [0.15, 0.2) is 141 Å². The van der Waals surface area contributed by atoms with E-state index in [2.05, 4.69) is 91.4 Å². The molecule has 0 atom stereocenters. The van der Waals surface area contributed by atoms with Crippen LogP contribution in [0.25, 0.3) is 21.5 Å². The SMILES string of the molecule is C=CCOCCCCCCOc1ccc2cc(C#Cc3ccc(OCCCCCCOc4ccc(C#Cc5ccc6cc(OCCCCCCOCC=C)ccc6c5)cc4C(=O)OCCC)cc3)ccc2c1. The fraction of sp³-hybridized carbons (Fsp3) is 0.359. The van der Waals surface area contributed by atoms with Crippen molar-refractivity contribution in [2.24, 2.45) is 0 Å². The number of unbranched alkanes of at least 4 members (excludes halogenated alkanes) is 9. The van der Waals surface area contributed by atoms with E-state index in [4.69, 9.17) is 33.2 Å². The molecule has 0 saturated carbocycles. The summed E-state index contributed by atoms with van der Waals surface area (Å²) in [4.78, 5) is 13.1. The number of hydrogen-bond acceptors (Lipinski definition) is 8. The lowest BCUT2D eigenvalue weighted by atomic mass is 10.1. The van der Waals surface area contributed by atoms with E-state index in [0.29, 0.717) is 63.1 Å². The van der Waals surface area contributed by atoms with Gasteiger partial charge in [0.15, 0.2) is 0 Å². The first-order chi connectivity index (χ1) is 35.5. The maximum Gasteiger partial charge on any atom is 0.341 e. The molecule has 0 amide bonds. The molecule has 6 aromatic carbocycles. The molecule has 0 aliphatic carbocycles. The second-order valence-corrected chi connectivity index (χ2v) is 17.7. The van der Waals surface area contributed by atoms with Crippen LogP contribution in [0.5, 0.6) is 23.0 Å². The van der Waals surface area contributed by atoms with E-state index in [1.54, 1.807) is 18.2 Å². The van der Waals surface area contributed by atoms with E-state index in [1.165, 1.54) is 0 Å². The molecule has 0 saturated heterocycles. The molecule has 8 nitrogen and oxygen atoms in total. The van der Waals surface area contributed by atoms with Gasteiger partial charge in [-0.1, -0.05) is 79.9 Å². The molecule has 0 bridgehead atoms. The first-order valence-corrected chi connectivity index (χ1v) is 25.9. The standard InChI is InChI=1S/C64H72O8/c1-4-37-66-40-13-7-9-16-43-69-60-34-30-55-46-52(23-28-57(55)49-60)20-19-51-25-32-59(33-26-51)68-42-15-11-12-18-45-71-63-36-27-54(48-62(63)64(65)72-39-6-3)22-21-53-24-29-58-50-61(35-31-56(58)47-53)70-44-17-10-8-14-41-67-38-5-2/h4-5,23-36,46-50H,1-2,6-18,37-45H2,3H3. The molecule has 6 aromatic rings. The smallest absolute Gasteiger partial charge is 0.341 e. The number of benzene rings is 6. The predicted molar refractivity (Wildman–Crippen MR) is 293 cm³/mol. The number of hydrogen-bond donors (Lipinski definition) is 0. The number of rotatable bonds is 32. The molecule has 72 heavy (non-hydrogen) atoms. The molecule has 376 valence electrons. The van der Waals surface area contributed by atoms with Crippen LogP contribution in [-0.4, -0.2) is 65.4 Å². The molecular formula is C64H72O8. The molecule has 6 rings (SSSR count). The van der Waals surface area contributed by atoms with Gasteiger partial charge < -0.3 is 33.2 Å². The van der Waals surface area contributed by atoms with E-state index in [9.17, 15) is 4.79 Å². The van der Waals surface area contributed by atoms with Gasteiger partial charge in [-0.25, -0.2) is 4.79 Å². The van der Waals surface area contributed by atoms with Crippen molar-refractivity contribution in [1.29, 1.82) is 0 Å². The summed E-state index contributed by atoms with van der Waals surface area (Å²) in [5.41, 5.74) is 3.88. The molecule has 0 heterocycles. The van der Waals surface area contributed by atoms with Gasteiger partial charge >= 0.3 is 5.97 Å². The Hall–Kier alpha value is -6.97. The van der Waals surface area contributed by atoms with Crippen LogP contribution in [0, 0.1) is 23.7 Å². The van der Waals surface area contributed by atoms with Crippen molar-refractivity contribution in [2.75, 3.05) is 59.5 Å². The fourth-order valence-corrected chi connectivity index (χ4v) is 7.83. The Kier molecular flexibility index (Phi) is 24.2. The number of fused-ring (bicyclic) bond motifs is 2. The molecule has 0 fully saturated rings. The lowest BCUT2D eigenvalue weighted by Gasteiger charge is -2.12. The number of esters is 1. The van der Waals surface area contributed by atoms with Gasteiger partial charge in [-0.3, -0.25) is 0 Å². The first kappa shape index (κ1) is 54.4. The first-order valence-electron chi connectivity index (χ1n) is 25.9. The number of ether oxygens (including phenoxy) is 7. The van der Waals surface area contributed by atoms with Gasteiger partial charge in [0.05, 0.1) is 46.2 Å². The second kappa shape index (κ2) is 32.1. The van der Waals surface area contributed by atoms with Crippen molar-refractivity contribution in [1.82, 2.24) is 0 Å². The zero-order valence-corrected chi connectivity index (χ0v) is 42.4. The Labute approximate surface area is 428 Å². The molecule has 0 radical (unpaired) electrons. The lowest BCUT2D eigenvalue weighted by molar-refractivity contribution is 0.0500. The van der Waals surface area contributed by atoms with Gasteiger partial charge in [-0.15, -0.1) is 13.2 Å². The van der Waals surface area contributed by atoms with Gasteiger partial charge in [0, 0.05) is 35.5 Å². The zero-order chi connectivity index (χ0) is 50.3. The minimum atomic E-state index is -0.407. The van der Waals surface area contributed by atoms with Crippen LogP contribution in [-0.2, 0) is 14.2 Å². The summed E-state index contributed by atoms with van der Waals surface area (Å²) in [6, 6.07) is 38.2. The lowest BCUT2D eigenvalue weighted by Crippen LogP contribution is -2.10. The van der Waals surface area contributed by atoms with Crippen molar-refractivity contribution in [3.63, 3.8) is 0 Å². The van der Waals surface area contributed by atoms with Gasteiger partial charge in [-0.05, 0) is 183 Å². The molecule has 8 heteroatoms. The largest absolute Gasteiger partial charge is 0.494 e. The van der Waals surface area contributed by atoms with Gasteiger partial charge in [-0.2, -0.15) is 0 Å². The number of carbonyl (C=O) groups excluding carboxylic acids is 1. The predicted octanol–water partition coefficient (Wildman–Crippen LogP) is 14.7. The molecule has 0 aromatic heterocycles. The molecule has 0 spiro atoms. The second-order valence-electron chi connectivity index (χ2n) is 17.7. The average Bonchev–Trinajstić information content (AvgIpc) is 3.41. The molecule has 0 aliphatic heterocycles. The summed E-state index contributed by atoms with van der Waals surface area (Å²) in [5.74, 6) is 15.8. The van der Waals surface area contributed by atoms with E-state index in [1.807, 2.05) is 61.5 Å². The molecule has 0 aliphatic rings. The Morgan fingerprint density at radius 1 is 0.417 bits per heavy atom. The highest BCUT2D eigenvalue weighted by Gasteiger charge is 2.15. The van der Waals surface area contributed by atoms with Crippen LogP contribution in [0.4, 0.5) is 0 Å². The zero-order valence-electron chi connectivity index (χ0n) is 42.4. The van der Waals surface area contributed by atoms with E-state index in [0.717, 1.165) is 152 Å². The van der Waals surface area contributed by atoms with E-state index < -0.39 is 5.97 Å².